The zero-order valence-corrected chi connectivity index (χ0v) is 20.6. The molecule has 1 aliphatic heterocycles. The summed E-state index contributed by atoms with van der Waals surface area (Å²) < 4.78 is 12.5. The predicted octanol–water partition coefficient (Wildman–Crippen LogP) is 4.47. The molecule has 5 rings (SSSR count). The standard InChI is InChI=1S/C25H27ClN4O3S/c1-17-27-24-12-21(6-7-25(24)34-17)32-16-20(31)14-29-8-10-30(11-9-29)15-22-13-23(28-33-22)18-2-4-19(26)5-3-18/h2-7,12-13,20,31H,8-11,14-16H2,1H3. The molecule has 0 aliphatic carbocycles. The smallest absolute Gasteiger partial charge is 0.151 e. The lowest BCUT2D eigenvalue weighted by atomic mass is 10.1. The molecule has 7 nitrogen and oxygen atoms in total. The zero-order chi connectivity index (χ0) is 23.5. The van der Waals surface area contributed by atoms with Gasteiger partial charge in [0.05, 0.1) is 21.8 Å². The number of aliphatic hydroxyl groups is 1. The molecule has 1 unspecified atom stereocenters. The number of fused-ring (bicyclic) bond motifs is 1. The van der Waals surface area contributed by atoms with Gasteiger partial charge < -0.3 is 14.4 Å². The number of rotatable bonds is 8. The average molecular weight is 499 g/mol. The van der Waals surface area contributed by atoms with Crippen LogP contribution in [-0.2, 0) is 6.54 Å². The highest BCUT2D eigenvalue weighted by molar-refractivity contribution is 7.18. The molecule has 0 saturated carbocycles. The van der Waals surface area contributed by atoms with Gasteiger partial charge in [-0.05, 0) is 31.2 Å². The molecule has 0 amide bonds. The Balaban J connectivity index is 1.05. The van der Waals surface area contributed by atoms with E-state index in [0.717, 1.165) is 70.7 Å². The molecule has 0 radical (unpaired) electrons. The molecule has 9 heteroatoms. The van der Waals surface area contributed by atoms with Gasteiger partial charge in [-0.25, -0.2) is 4.98 Å². The Morgan fingerprint density at radius 3 is 2.65 bits per heavy atom. The quantitative estimate of drug-likeness (QED) is 0.384. The summed E-state index contributed by atoms with van der Waals surface area (Å²) in [6.07, 6.45) is -0.546. The van der Waals surface area contributed by atoms with E-state index >= 15 is 0 Å². The summed E-state index contributed by atoms with van der Waals surface area (Å²) in [6.45, 7) is 7.17. The lowest BCUT2D eigenvalue weighted by molar-refractivity contribution is 0.0430. The van der Waals surface area contributed by atoms with Crippen LogP contribution in [0.25, 0.3) is 21.5 Å². The van der Waals surface area contributed by atoms with E-state index < -0.39 is 6.10 Å². The van der Waals surface area contributed by atoms with Gasteiger partial charge in [0.1, 0.15) is 24.2 Å². The summed E-state index contributed by atoms with van der Waals surface area (Å²) in [5.41, 5.74) is 2.75. The SMILES string of the molecule is Cc1nc2cc(OCC(O)CN3CCN(Cc4cc(-c5ccc(Cl)cc5)no4)CC3)ccc2s1. The van der Waals surface area contributed by atoms with E-state index in [0.29, 0.717) is 11.6 Å². The van der Waals surface area contributed by atoms with Crippen LogP contribution in [0.2, 0.25) is 5.02 Å². The summed E-state index contributed by atoms with van der Waals surface area (Å²) in [7, 11) is 0. The summed E-state index contributed by atoms with van der Waals surface area (Å²) in [6, 6.07) is 15.5. The van der Waals surface area contributed by atoms with Crippen molar-refractivity contribution in [3.8, 4) is 17.0 Å². The third kappa shape index (κ3) is 5.76. The van der Waals surface area contributed by atoms with Crippen molar-refractivity contribution in [2.75, 3.05) is 39.3 Å². The van der Waals surface area contributed by atoms with Crippen LogP contribution in [0.4, 0.5) is 0 Å². The molecular formula is C25H27ClN4O3S. The van der Waals surface area contributed by atoms with Crippen LogP contribution in [0.1, 0.15) is 10.8 Å². The number of hydrogen-bond donors (Lipinski definition) is 1. The van der Waals surface area contributed by atoms with E-state index in [2.05, 4.69) is 19.9 Å². The molecule has 4 aromatic rings. The van der Waals surface area contributed by atoms with Crippen molar-refractivity contribution in [2.24, 2.45) is 0 Å². The summed E-state index contributed by atoms with van der Waals surface area (Å²) >= 11 is 7.63. The fraction of sp³-hybridized carbons (Fsp3) is 0.360. The van der Waals surface area contributed by atoms with Gasteiger partial charge in [-0.2, -0.15) is 0 Å². The number of aliphatic hydroxyl groups excluding tert-OH is 1. The first kappa shape index (κ1) is 23.3. The van der Waals surface area contributed by atoms with E-state index in [-0.39, 0.29) is 6.61 Å². The van der Waals surface area contributed by atoms with E-state index in [1.54, 1.807) is 11.3 Å². The topological polar surface area (TPSA) is 74.9 Å². The maximum absolute atomic E-state index is 10.5. The summed E-state index contributed by atoms with van der Waals surface area (Å²) in [5, 5.41) is 16.4. The first-order valence-electron chi connectivity index (χ1n) is 11.4. The van der Waals surface area contributed by atoms with Gasteiger partial charge in [0.25, 0.3) is 0 Å². The number of aryl methyl sites for hydroxylation is 1. The van der Waals surface area contributed by atoms with Crippen molar-refractivity contribution in [3.63, 3.8) is 0 Å². The van der Waals surface area contributed by atoms with Gasteiger partial charge in [-0.3, -0.25) is 9.80 Å². The summed E-state index contributed by atoms with van der Waals surface area (Å²) in [4.78, 5) is 9.12. The molecule has 1 atom stereocenters. The predicted molar refractivity (Wildman–Crippen MR) is 135 cm³/mol. The fourth-order valence-electron chi connectivity index (χ4n) is 4.15. The molecule has 2 aromatic heterocycles. The van der Waals surface area contributed by atoms with Gasteiger partial charge >= 0.3 is 0 Å². The molecule has 34 heavy (non-hydrogen) atoms. The number of nitrogens with zero attached hydrogens (tertiary/aromatic N) is 4. The second-order valence-corrected chi connectivity index (χ2v) is 10.3. The minimum absolute atomic E-state index is 0.264. The van der Waals surface area contributed by atoms with Crippen molar-refractivity contribution >= 4 is 33.2 Å². The van der Waals surface area contributed by atoms with Gasteiger partial charge in [-0.15, -0.1) is 11.3 Å². The van der Waals surface area contributed by atoms with Gasteiger partial charge in [0.15, 0.2) is 5.76 Å². The average Bonchev–Trinajstić information content (AvgIpc) is 3.44. The third-order valence-corrected chi connectivity index (χ3v) is 7.12. The Morgan fingerprint density at radius 2 is 1.85 bits per heavy atom. The fourth-order valence-corrected chi connectivity index (χ4v) is 5.08. The van der Waals surface area contributed by atoms with Gasteiger partial charge in [0.2, 0.25) is 0 Å². The Kier molecular flexibility index (Phi) is 7.12. The molecule has 3 heterocycles. The lowest BCUT2D eigenvalue weighted by Crippen LogP contribution is -2.48. The molecule has 1 saturated heterocycles. The van der Waals surface area contributed by atoms with Crippen LogP contribution in [-0.4, -0.2) is 70.5 Å². The first-order chi connectivity index (χ1) is 16.5. The molecular weight excluding hydrogens is 472 g/mol. The second kappa shape index (κ2) is 10.4. The molecule has 178 valence electrons. The van der Waals surface area contributed by atoms with Crippen LogP contribution in [0, 0.1) is 6.92 Å². The molecule has 0 bridgehead atoms. The third-order valence-electron chi connectivity index (χ3n) is 5.92. The Labute approximate surface area is 207 Å². The highest BCUT2D eigenvalue weighted by Crippen LogP contribution is 2.26. The van der Waals surface area contributed by atoms with E-state index in [1.807, 2.05) is 55.5 Å². The number of piperazine rings is 1. The van der Waals surface area contributed by atoms with Crippen molar-refractivity contribution in [3.05, 3.63) is 64.3 Å². The van der Waals surface area contributed by atoms with Crippen LogP contribution < -0.4 is 4.74 Å². The minimum atomic E-state index is -0.546. The number of β-amino-alcohol motifs (C(OH)–C–C–N with tert-alkyl or cyclic N) is 1. The number of thiazole rings is 1. The highest BCUT2D eigenvalue weighted by Gasteiger charge is 2.21. The van der Waals surface area contributed by atoms with Crippen LogP contribution in [0.3, 0.4) is 0 Å². The van der Waals surface area contributed by atoms with Crippen molar-refractivity contribution in [1.82, 2.24) is 19.9 Å². The Hall–Kier alpha value is -2.49. The highest BCUT2D eigenvalue weighted by atomic mass is 35.5. The largest absolute Gasteiger partial charge is 0.491 e. The minimum Gasteiger partial charge on any atom is -0.491 e. The van der Waals surface area contributed by atoms with Crippen LogP contribution in [0.15, 0.2) is 53.1 Å². The molecule has 2 aromatic carbocycles. The maximum Gasteiger partial charge on any atom is 0.151 e. The maximum atomic E-state index is 10.5. The molecule has 0 spiro atoms. The lowest BCUT2D eigenvalue weighted by Gasteiger charge is -2.35. The van der Waals surface area contributed by atoms with Gasteiger partial charge in [0, 0.05) is 55.4 Å². The van der Waals surface area contributed by atoms with Crippen LogP contribution >= 0.6 is 22.9 Å². The zero-order valence-electron chi connectivity index (χ0n) is 19.0. The monoisotopic (exact) mass is 498 g/mol. The molecule has 1 aliphatic rings. The Morgan fingerprint density at radius 1 is 1.09 bits per heavy atom. The van der Waals surface area contributed by atoms with Crippen molar-refractivity contribution in [1.29, 1.82) is 0 Å². The second-order valence-electron chi connectivity index (χ2n) is 8.59. The van der Waals surface area contributed by atoms with E-state index in [9.17, 15) is 5.11 Å². The normalized spacial score (nSPS) is 16.2. The number of hydrogen-bond acceptors (Lipinski definition) is 8. The molecule has 1 fully saturated rings. The Bertz CT molecular complexity index is 1230. The number of ether oxygens (including phenoxy) is 1. The van der Waals surface area contributed by atoms with Gasteiger partial charge in [-0.1, -0.05) is 28.9 Å². The number of halogens is 1. The van der Waals surface area contributed by atoms with Crippen molar-refractivity contribution < 1.29 is 14.4 Å². The first-order valence-corrected chi connectivity index (χ1v) is 12.6. The molecule has 1 N–H and O–H groups in total. The van der Waals surface area contributed by atoms with Crippen molar-refractivity contribution in [2.45, 2.75) is 19.6 Å². The number of benzene rings is 2. The van der Waals surface area contributed by atoms with E-state index in [4.69, 9.17) is 20.9 Å². The number of aromatic nitrogens is 2. The summed E-state index contributed by atoms with van der Waals surface area (Å²) in [5.74, 6) is 1.59. The van der Waals surface area contributed by atoms with E-state index in [1.165, 1.54) is 0 Å². The van der Waals surface area contributed by atoms with Crippen LogP contribution in [0.5, 0.6) is 5.75 Å².